The van der Waals surface area contributed by atoms with Gasteiger partial charge in [0, 0.05) is 7.05 Å². The molecule has 1 aromatic carbocycles. The van der Waals surface area contributed by atoms with Crippen LogP contribution >= 0.6 is 0 Å². The SMILES string of the molecule is CN(c1ccccc1)S(=O)(=O)c1cn[nH]c1N. The molecule has 0 fully saturated rings. The number of H-pyrrole nitrogens is 1. The van der Waals surface area contributed by atoms with Crippen molar-refractivity contribution in [3.8, 4) is 0 Å². The van der Waals surface area contributed by atoms with Gasteiger partial charge in [-0.1, -0.05) is 18.2 Å². The van der Waals surface area contributed by atoms with Crippen LogP contribution in [0.15, 0.2) is 41.4 Å². The largest absolute Gasteiger partial charge is 0.383 e. The highest BCUT2D eigenvalue weighted by Gasteiger charge is 2.24. The number of hydrogen-bond acceptors (Lipinski definition) is 4. The molecule has 90 valence electrons. The first kappa shape index (κ1) is 11.5. The highest BCUT2D eigenvalue weighted by Crippen LogP contribution is 2.23. The molecule has 1 heterocycles. The van der Waals surface area contributed by atoms with Gasteiger partial charge in [-0.3, -0.25) is 9.40 Å². The van der Waals surface area contributed by atoms with Crippen LogP contribution < -0.4 is 10.0 Å². The fourth-order valence-corrected chi connectivity index (χ4v) is 2.62. The first-order valence-electron chi connectivity index (χ1n) is 4.86. The van der Waals surface area contributed by atoms with Crippen LogP contribution in [0, 0.1) is 0 Å². The predicted octanol–water partition coefficient (Wildman–Crippen LogP) is 0.817. The lowest BCUT2D eigenvalue weighted by atomic mass is 10.3. The van der Waals surface area contributed by atoms with Gasteiger partial charge in [-0.05, 0) is 12.1 Å². The van der Waals surface area contributed by atoms with Crippen molar-refractivity contribution in [2.24, 2.45) is 0 Å². The van der Waals surface area contributed by atoms with Crippen LogP contribution in [-0.4, -0.2) is 25.7 Å². The summed E-state index contributed by atoms with van der Waals surface area (Å²) in [6.07, 6.45) is 1.20. The number of aromatic nitrogens is 2. The van der Waals surface area contributed by atoms with Crippen molar-refractivity contribution in [1.82, 2.24) is 10.2 Å². The average Bonchev–Trinajstić information content (AvgIpc) is 2.76. The Morgan fingerprint density at radius 2 is 1.94 bits per heavy atom. The minimum atomic E-state index is -3.66. The van der Waals surface area contributed by atoms with Crippen LogP contribution in [0.4, 0.5) is 11.5 Å². The lowest BCUT2D eigenvalue weighted by Crippen LogP contribution is -2.26. The Morgan fingerprint density at radius 3 is 2.47 bits per heavy atom. The van der Waals surface area contributed by atoms with Gasteiger partial charge in [0.25, 0.3) is 10.0 Å². The third kappa shape index (κ3) is 1.96. The number of nitrogen functional groups attached to an aromatic ring is 1. The number of benzene rings is 1. The zero-order chi connectivity index (χ0) is 12.5. The number of para-hydroxylation sites is 1. The van der Waals surface area contributed by atoms with E-state index in [9.17, 15) is 8.42 Å². The maximum Gasteiger partial charge on any atom is 0.269 e. The van der Waals surface area contributed by atoms with Crippen molar-refractivity contribution in [2.45, 2.75) is 4.90 Å². The monoisotopic (exact) mass is 252 g/mol. The normalized spacial score (nSPS) is 11.4. The summed E-state index contributed by atoms with van der Waals surface area (Å²) < 4.78 is 25.6. The third-order valence-corrected chi connectivity index (χ3v) is 4.20. The molecule has 2 aromatic rings. The van der Waals surface area contributed by atoms with Gasteiger partial charge in [0.15, 0.2) is 0 Å². The summed E-state index contributed by atoms with van der Waals surface area (Å²) >= 11 is 0. The van der Waals surface area contributed by atoms with Gasteiger partial charge in [-0.15, -0.1) is 0 Å². The highest BCUT2D eigenvalue weighted by atomic mass is 32.2. The van der Waals surface area contributed by atoms with Crippen LogP contribution in [0.3, 0.4) is 0 Å². The van der Waals surface area contributed by atoms with Gasteiger partial charge in [0.1, 0.15) is 10.7 Å². The standard InChI is InChI=1S/C10H12N4O2S/c1-14(8-5-3-2-4-6-8)17(15,16)9-7-12-13-10(9)11/h2-7H,1H3,(H3,11,12,13). The second-order valence-corrected chi connectivity index (χ2v) is 5.39. The molecule has 7 heteroatoms. The van der Waals surface area contributed by atoms with Crippen molar-refractivity contribution >= 4 is 21.5 Å². The zero-order valence-electron chi connectivity index (χ0n) is 9.16. The van der Waals surface area contributed by atoms with Crippen LogP contribution in [-0.2, 0) is 10.0 Å². The Bertz CT molecular complexity index is 606. The van der Waals surface area contributed by atoms with Crippen molar-refractivity contribution in [3.05, 3.63) is 36.5 Å². The molecule has 0 aliphatic carbocycles. The molecule has 17 heavy (non-hydrogen) atoms. The Labute approximate surface area is 99.1 Å². The summed E-state index contributed by atoms with van der Waals surface area (Å²) in [5.41, 5.74) is 6.08. The van der Waals surface area contributed by atoms with E-state index in [0.29, 0.717) is 5.69 Å². The van der Waals surface area contributed by atoms with Crippen molar-refractivity contribution in [2.75, 3.05) is 17.1 Å². The number of anilines is 2. The molecule has 3 N–H and O–H groups in total. The summed E-state index contributed by atoms with van der Waals surface area (Å²) in [7, 11) is -2.20. The number of sulfonamides is 1. The van der Waals surface area contributed by atoms with Crippen LogP contribution in [0.1, 0.15) is 0 Å². The van der Waals surface area contributed by atoms with Crippen molar-refractivity contribution in [1.29, 1.82) is 0 Å². The van der Waals surface area contributed by atoms with E-state index in [1.165, 1.54) is 13.2 Å². The number of nitrogens with two attached hydrogens (primary N) is 1. The Morgan fingerprint density at radius 1 is 1.29 bits per heavy atom. The molecule has 0 aliphatic rings. The molecule has 0 unspecified atom stereocenters. The molecular formula is C10H12N4O2S. The van der Waals surface area contributed by atoms with E-state index < -0.39 is 10.0 Å². The molecule has 0 saturated carbocycles. The van der Waals surface area contributed by atoms with Crippen LogP contribution in [0.2, 0.25) is 0 Å². The van der Waals surface area contributed by atoms with E-state index in [1.807, 2.05) is 6.07 Å². The number of aromatic amines is 1. The van der Waals surface area contributed by atoms with Gasteiger partial charge in [-0.25, -0.2) is 8.42 Å². The topological polar surface area (TPSA) is 92.1 Å². The molecule has 0 spiro atoms. The molecule has 1 aromatic heterocycles. The number of rotatable bonds is 3. The van der Waals surface area contributed by atoms with Gasteiger partial charge in [0.05, 0.1) is 11.9 Å². The van der Waals surface area contributed by atoms with E-state index in [-0.39, 0.29) is 10.7 Å². The average molecular weight is 252 g/mol. The van der Waals surface area contributed by atoms with E-state index in [4.69, 9.17) is 5.73 Å². The first-order chi connectivity index (χ1) is 8.03. The maximum atomic E-state index is 12.2. The van der Waals surface area contributed by atoms with Crippen molar-refractivity contribution < 1.29 is 8.42 Å². The second kappa shape index (κ2) is 4.10. The third-order valence-electron chi connectivity index (χ3n) is 2.39. The van der Waals surface area contributed by atoms with Gasteiger partial charge >= 0.3 is 0 Å². The quantitative estimate of drug-likeness (QED) is 0.845. The van der Waals surface area contributed by atoms with Crippen molar-refractivity contribution in [3.63, 3.8) is 0 Å². The molecule has 0 radical (unpaired) electrons. The fraction of sp³-hybridized carbons (Fsp3) is 0.100. The maximum absolute atomic E-state index is 12.2. The summed E-state index contributed by atoms with van der Waals surface area (Å²) in [6, 6.07) is 8.75. The molecule has 0 amide bonds. The summed E-state index contributed by atoms with van der Waals surface area (Å²) in [6.45, 7) is 0. The smallest absolute Gasteiger partial charge is 0.269 e. The van der Waals surface area contributed by atoms with E-state index >= 15 is 0 Å². The molecule has 0 atom stereocenters. The number of nitrogens with one attached hydrogen (secondary N) is 1. The summed E-state index contributed by atoms with van der Waals surface area (Å²) in [5, 5.41) is 6.01. The van der Waals surface area contributed by atoms with Gasteiger partial charge in [-0.2, -0.15) is 5.10 Å². The molecule has 6 nitrogen and oxygen atoms in total. The van der Waals surface area contributed by atoms with E-state index in [2.05, 4.69) is 10.2 Å². The predicted molar refractivity (Wildman–Crippen MR) is 65.0 cm³/mol. The minimum absolute atomic E-state index is 0.0242. The van der Waals surface area contributed by atoms with E-state index in [0.717, 1.165) is 4.31 Å². The lowest BCUT2D eigenvalue weighted by Gasteiger charge is -2.18. The molecule has 0 aliphatic heterocycles. The minimum Gasteiger partial charge on any atom is -0.383 e. The molecular weight excluding hydrogens is 240 g/mol. The van der Waals surface area contributed by atoms with E-state index in [1.54, 1.807) is 24.3 Å². The number of hydrogen-bond donors (Lipinski definition) is 2. The molecule has 0 saturated heterocycles. The second-order valence-electron chi connectivity index (χ2n) is 3.46. The zero-order valence-corrected chi connectivity index (χ0v) is 9.98. The first-order valence-corrected chi connectivity index (χ1v) is 6.30. The summed E-state index contributed by atoms with van der Waals surface area (Å²) in [5.74, 6) is 0.0350. The Hall–Kier alpha value is -2.02. The van der Waals surface area contributed by atoms with Crippen LogP contribution in [0.25, 0.3) is 0 Å². The molecule has 2 rings (SSSR count). The molecule has 0 bridgehead atoms. The van der Waals surface area contributed by atoms with Gasteiger partial charge in [0.2, 0.25) is 0 Å². The fourth-order valence-electron chi connectivity index (χ4n) is 1.41. The van der Waals surface area contributed by atoms with Crippen LogP contribution in [0.5, 0.6) is 0 Å². The highest BCUT2D eigenvalue weighted by molar-refractivity contribution is 7.93. The summed E-state index contributed by atoms with van der Waals surface area (Å²) in [4.78, 5) is -0.0242. The Balaban J connectivity index is 2.45. The Kier molecular flexibility index (Phi) is 2.76. The van der Waals surface area contributed by atoms with Gasteiger partial charge < -0.3 is 5.73 Å². The lowest BCUT2D eigenvalue weighted by molar-refractivity contribution is 0.595. The number of nitrogens with zero attached hydrogens (tertiary/aromatic N) is 2.